The Morgan fingerprint density at radius 3 is 2.05 bits per heavy atom. The van der Waals surface area contributed by atoms with E-state index >= 15 is 0 Å². The van der Waals surface area contributed by atoms with E-state index in [2.05, 4.69) is 20.9 Å². The number of fused-ring (bicyclic) bond motifs is 1. The first-order valence-electron chi connectivity index (χ1n) is 13.9. The van der Waals surface area contributed by atoms with Crippen LogP contribution in [0.3, 0.4) is 0 Å². The Hall–Kier alpha value is -5.16. The minimum Gasteiger partial charge on any atom is -0.508 e. The van der Waals surface area contributed by atoms with E-state index in [9.17, 15) is 29.4 Å². The number of rotatable bonds is 13. The number of aliphatic carboxylic acids is 1. The van der Waals surface area contributed by atoms with Crippen molar-refractivity contribution < 1.29 is 29.4 Å². The van der Waals surface area contributed by atoms with Gasteiger partial charge in [0.25, 0.3) is 0 Å². The summed E-state index contributed by atoms with van der Waals surface area (Å²) in [6.45, 7) is 1.43. The van der Waals surface area contributed by atoms with E-state index in [0.29, 0.717) is 5.56 Å². The molecule has 0 aliphatic rings. The molecule has 4 aromatic rings. The minimum atomic E-state index is -1.27. The molecule has 11 heteroatoms. The summed E-state index contributed by atoms with van der Waals surface area (Å²) in [5.74, 6) is -3.08. The van der Waals surface area contributed by atoms with Crippen molar-refractivity contribution in [2.24, 2.45) is 5.73 Å². The predicted molar refractivity (Wildman–Crippen MR) is 161 cm³/mol. The summed E-state index contributed by atoms with van der Waals surface area (Å²) in [5, 5.41) is 27.8. The number of phenols is 1. The topological polar surface area (TPSA) is 187 Å². The van der Waals surface area contributed by atoms with Gasteiger partial charge < -0.3 is 36.9 Å². The van der Waals surface area contributed by atoms with Crippen LogP contribution in [0.5, 0.6) is 5.75 Å². The van der Waals surface area contributed by atoms with E-state index in [1.54, 1.807) is 18.3 Å². The predicted octanol–water partition coefficient (Wildman–Crippen LogP) is 1.79. The Bertz CT molecular complexity index is 1570. The van der Waals surface area contributed by atoms with Gasteiger partial charge in [0.2, 0.25) is 17.7 Å². The molecule has 8 N–H and O–H groups in total. The Balaban J connectivity index is 1.41. The van der Waals surface area contributed by atoms with E-state index in [4.69, 9.17) is 5.73 Å². The van der Waals surface area contributed by atoms with Crippen LogP contribution in [0.1, 0.15) is 23.6 Å². The van der Waals surface area contributed by atoms with Crippen LogP contribution in [0.4, 0.5) is 0 Å². The number of para-hydroxylation sites is 1. The van der Waals surface area contributed by atoms with E-state index < -0.39 is 47.9 Å². The zero-order chi connectivity index (χ0) is 30.9. The Morgan fingerprint density at radius 1 is 0.744 bits per heavy atom. The molecular formula is C32H35N5O6. The SMILES string of the molecule is CC(NC(=O)C(Cc1ccccc1)NC(=O)C(N)Cc1c[nH]c2ccccc12)C(=O)NC(Cc1ccc(O)cc1)C(=O)O. The van der Waals surface area contributed by atoms with E-state index in [0.717, 1.165) is 22.0 Å². The van der Waals surface area contributed by atoms with Gasteiger partial charge in [0.15, 0.2) is 0 Å². The molecule has 224 valence electrons. The summed E-state index contributed by atoms with van der Waals surface area (Å²) in [6, 6.07) is 18.3. The first-order valence-corrected chi connectivity index (χ1v) is 13.9. The average Bonchev–Trinajstić information content (AvgIpc) is 3.40. The molecule has 11 nitrogen and oxygen atoms in total. The smallest absolute Gasteiger partial charge is 0.326 e. The number of aromatic amines is 1. The maximum absolute atomic E-state index is 13.4. The van der Waals surface area contributed by atoms with Crippen LogP contribution in [-0.4, -0.2) is 63.1 Å². The maximum Gasteiger partial charge on any atom is 0.326 e. The van der Waals surface area contributed by atoms with Crippen LogP contribution in [0.2, 0.25) is 0 Å². The molecule has 1 heterocycles. The molecule has 4 unspecified atom stereocenters. The Labute approximate surface area is 248 Å². The van der Waals surface area contributed by atoms with E-state index in [-0.39, 0.29) is 25.0 Å². The highest BCUT2D eigenvalue weighted by atomic mass is 16.4. The maximum atomic E-state index is 13.4. The lowest BCUT2D eigenvalue weighted by molar-refractivity contribution is -0.142. The quantitative estimate of drug-likeness (QED) is 0.125. The molecule has 4 atom stereocenters. The van der Waals surface area contributed by atoms with Gasteiger partial charge in [-0.25, -0.2) is 4.79 Å². The van der Waals surface area contributed by atoms with Gasteiger partial charge in [0, 0.05) is 29.9 Å². The lowest BCUT2D eigenvalue weighted by Gasteiger charge is -2.24. The summed E-state index contributed by atoms with van der Waals surface area (Å²) >= 11 is 0. The standard InChI is InChI=1S/C32H35N5O6/c1-19(29(39)37-28(32(42)43)16-21-11-13-23(38)14-12-21)35-31(41)27(15-20-7-3-2-4-8-20)36-30(40)25(33)17-22-18-34-26-10-6-5-9-24(22)26/h2-14,18-19,25,27-28,34,38H,15-17,33H2,1H3,(H,35,41)(H,36,40)(H,37,39)(H,42,43). The molecule has 0 aliphatic carbocycles. The van der Waals surface area contributed by atoms with Crippen LogP contribution < -0.4 is 21.7 Å². The molecule has 0 spiro atoms. The fourth-order valence-electron chi connectivity index (χ4n) is 4.71. The number of carbonyl (C=O) groups is 4. The number of hydrogen-bond donors (Lipinski definition) is 7. The molecule has 0 bridgehead atoms. The number of carboxylic acids is 1. The zero-order valence-electron chi connectivity index (χ0n) is 23.6. The number of aromatic nitrogens is 1. The molecule has 3 aromatic carbocycles. The highest BCUT2D eigenvalue weighted by Gasteiger charge is 2.29. The van der Waals surface area contributed by atoms with Crippen molar-refractivity contribution in [2.75, 3.05) is 0 Å². The number of nitrogens with two attached hydrogens (primary N) is 1. The van der Waals surface area contributed by atoms with Crippen molar-refractivity contribution in [3.8, 4) is 5.75 Å². The van der Waals surface area contributed by atoms with Gasteiger partial charge in [0.05, 0.1) is 6.04 Å². The second-order valence-corrected chi connectivity index (χ2v) is 10.4. The van der Waals surface area contributed by atoms with Crippen molar-refractivity contribution in [1.82, 2.24) is 20.9 Å². The second-order valence-electron chi connectivity index (χ2n) is 10.4. The molecule has 3 amide bonds. The third kappa shape index (κ3) is 8.43. The number of nitrogens with one attached hydrogen (secondary N) is 4. The number of phenolic OH excluding ortho intramolecular Hbond substituents is 1. The van der Waals surface area contributed by atoms with Crippen LogP contribution in [-0.2, 0) is 38.4 Å². The number of carbonyl (C=O) groups excluding carboxylic acids is 3. The fourth-order valence-corrected chi connectivity index (χ4v) is 4.71. The minimum absolute atomic E-state index is 0.0248. The van der Waals surface area contributed by atoms with Crippen molar-refractivity contribution in [1.29, 1.82) is 0 Å². The highest BCUT2D eigenvalue weighted by molar-refractivity contribution is 5.94. The molecule has 0 radical (unpaired) electrons. The summed E-state index contributed by atoms with van der Waals surface area (Å²) in [7, 11) is 0. The number of H-pyrrole nitrogens is 1. The van der Waals surface area contributed by atoms with Gasteiger partial charge in [-0.15, -0.1) is 0 Å². The van der Waals surface area contributed by atoms with E-state index in [1.165, 1.54) is 19.1 Å². The second kappa shape index (κ2) is 14.1. The van der Waals surface area contributed by atoms with Crippen molar-refractivity contribution in [3.63, 3.8) is 0 Å². The van der Waals surface area contributed by atoms with Crippen LogP contribution in [0.25, 0.3) is 10.9 Å². The van der Waals surface area contributed by atoms with Gasteiger partial charge in [-0.1, -0.05) is 60.7 Å². The van der Waals surface area contributed by atoms with Crippen molar-refractivity contribution >= 4 is 34.6 Å². The number of benzene rings is 3. The average molecular weight is 586 g/mol. The normalized spacial score (nSPS) is 13.8. The van der Waals surface area contributed by atoms with Gasteiger partial charge in [0.1, 0.15) is 23.9 Å². The van der Waals surface area contributed by atoms with Crippen molar-refractivity contribution in [3.05, 3.63) is 102 Å². The fraction of sp³-hybridized carbons (Fsp3) is 0.250. The summed E-state index contributed by atoms with van der Waals surface area (Å²) in [4.78, 5) is 54.4. The van der Waals surface area contributed by atoms with E-state index in [1.807, 2.05) is 54.6 Å². The summed E-state index contributed by atoms with van der Waals surface area (Å²) in [6.07, 6.45) is 2.17. The molecule has 1 aromatic heterocycles. The Kier molecular flexibility index (Phi) is 10.1. The van der Waals surface area contributed by atoms with Gasteiger partial charge in [-0.05, 0) is 48.2 Å². The van der Waals surface area contributed by atoms with Crippen LogP contribution >= 0.6 is 0 Å². The van der Waals surface area contributed by atoms with Gasteiger partial charge >= 0.3 is 5.97 Å². The van der Waals surface area contributed by atoms with Gasteiger partial charge in [-0.3, -0.25) is 14.4 Å². The van der Waals surface area contributed by atoms with Gasteiger partial charge in [-0.2, -0.15) is 0 Å². The largest absolute Gasteiger partial charge is 0.508 e. The Morgan fingerprint density at radius 2 is 1.35 bits per heavy atom. The number of hydrogen-bond acceptors (Lipinski definition) is 6. The molecule has 0 aliphatic heterocycles. The molecular weight excluding hydrogens is 550 g/mol. The highest BCUT2D eigenvalue weighted by Crippen LogP contribution is 2.19. The molecule has 0 saturated carbocycles. The lowest BCUT2D eigenvalue weighted by Crippen LogP contribution is -2.57. The molecule has 43 heavy (non-hydrogen) atoms. The first kappa shape index (κ1) is 30.8. The zero-order valence-corrected chi connectivity index (χ0v) is 23.6. The monoisotopic (exact) mass is 585 g/mol. The first-order chi connectivity index (χ1) is 20.6. The van der Waals surface area contributed by atoms with Crippen molar-refractivity contribution in [2.45, 2.75) is 50.4 Å². The van der Waals surface area contributed by atoms with Crippen LogP contribution in [0, 0.1) is 0 Å². The molecule has 0 fully saturated rings. The third-order valence-corrected chi connectivity index (χ3v) is 7.11. The summed E-state index contributed by atoms with van der Waals surface area (Å²) < 4.78 is 0. The molecule has 0 saturated heterocycles. The summed E-state index contributed by atoms with van der Waals surface area (Å²) in [5.41, 5.74) is 9.42. The molecule has 4 rings (SSSR count). The van der Waals surface area contributed by atoms with Crippen LogP contribution in [0.15, 0.2) is 85.1 Å². The number of aromatic hydroxyl groups is 1. The number of amides is 3. The lowest BCUT2D eigenvalue weighted by atomic mass is 10.0. The third-order valence-electron chi connectivity index (χ3n) is 7.11. The number of carboxylic acid groups (broad SMARTS) is 1.